The quantitative estimate of drug-likeness (QED) is 0.941. The lowest BCUT2D eigenvalue weighted by Gasteiger charge is -2.24. The van der Waals surface area contributed by atoms with Crippen LogP contribution in [0, 0.1) is 0 Å². The normalized spacial score (nSPS) is 17.9. The second kappa shape index (κ2) is 5.95. The summed E-state index contributed by atoms with van der Waals surface area (Å²) in [4.78, 5) is 18.4. The van der Waals surface area contributed by atoms with Crippen molar-refractivity contribution in [1.82, 2.24) is 9.88 Å². The van der Waals surface area contributed by atoms with Crippen LogP contribution in [-0.4, -0.2) is 33.5 Å². The van der Waals surface area contributed by atoms with Crippen LogP contribution in [0.5, 0.6) is 5.75 Å². The van der Waals surface area contributed by atoms with Crippen LogP contribution >= 0.6 is 0 Å². The summed E-state index contributed by atoms with van der Waals surface area (Å²) in [5, 5.41) is 9.81. The molecule has 0 spiro atoms. The smallest absolute Gasteiger partial charge is 0.276 e. The van der Waals surface area contributed by atoms with Crippen molar-refractivity contribution in [3.63, 3.8) is 0 Å². The van der Waals surface area contributed by atoms with Gasteiger partial charge in [0.1, 0.15) is 5.75 Å². The van der Waals surface area contributed by atoms with Crippen LogP contribution in [-0.2, 0) is 6.42 Å². The van der Waals surface area contributed by atoms with Crippen molar-refractivity contribution >= 4 is 5.91 Å². The van der Waals surface area contributed by atoms with E-state index in [2.05, 4.69) is 17.1 Å². The summed E-state index contributed by atoms with van der Waals surface area (Å²) in [5.74, 6) is -0.223. The second-order valence-electron chi connectivity index (χ2n) is 5.36. The van der Waals surface area contributed by atoms with Crippen molar-refractivity contribution in [3.8, 4) is 5.75 Å². The molecular weight excluding hydrogens is 264 g/mol. The topological polar surface area (TPSA) is 53.4 Å². The maximum atomic E-state index is 12.6. The van der Waals surface area contributed by atoms with Gasteiger partial charge in [0.15, 0.2) is 5.69 Å². The maximum Gasteiger partial charge on any atom is 0.276 e. The van der Waals surface area contributed by atoms with Gasteiger partial charge in [-0.2, -0.15) is 0 Å². The van der Waals surface area contributed by atoms with Crippen LogP contribution in [0.25, 0.3) is 0 Å². The van der Waals surface area contributed by atoms with Gasteiger partial charge < -0.3 is 10.0 Å². The number of aromatic hydroxyl groups is 1. The van der Waals surface area contributed by atoms with E-state index in [1.54, 1.807) is 6.07 Å². The number of rotatable bonds is 3. The van der Waals surface area contributed by atoms with Crippen molar-refractivity contribution < 1.29 is 9.90 Å². The van der Waals surface area contributed by atoms with E-state index in [1.165, 1.54) is 17.8 Å². The molecule has 0 radical (unpaired) electrons. The lowest BCUT2D eigenvalue weighted by atomic mass is 10.0. The van der Waals surface area contributed by atoms with Gasteiger partial charge in [0.25, 0.3) is 5.91 Å². The van der Waals surface area contributed by atoms with E-state index < -0.39 is 0 Å². The van der Waals surface area contributed by atoms with Crippen LogP contribution in [0.1, 0.15) is 28.9 Å². The molecule has 1 fully saturated rings. The molecule has 3 rings (SSSR count). The van der Waals surface area contributed by atoms with Gasteiger partial charge in [0.05, 0.1) is 0 Å². The van der Waals surface area contributed by atoms with E-state index in [4.69, 9.17) is 0 Å². The SMILES string of the molecule is O=C(c1ncccc1O)N1CCCC1Cc1ccccc1. The first-order chi connectivity index (χ1) is 10.3. The Morgan fingerprint density at radius 1 is 1.24 bits per heavy atom. The standard InChI is InChI=1S/C17H18N2O2/c20-15-9-4-10-18-16(15)17(21)19-11-5-8-14(19)12-13-6-2-1-3-7-13/h1-4,6-7,9-10,14,20H,5,8,11-12H2. The van der Waals surface area contributed by atoms with Gasteiger partial charge in [-0.25, -0.2) is 4.98 Å². The van der Waals surface area contributed by atoms with Crippen LogP contribution < -0.4 is 0 Å². The molecule has 1 unspecified atom stereocenters. The first-order valence-electron chi connectivity index (χ1n) is 7.24. The Bertz CT molecular complexity index is 628. The number of benzene rings is 1. The van der Waals surface area contributed by atoms with Gasteiger partial charge in [0, 0.05) is 18.8 Å². The lowest BCUT2D eigenvalue weighted by molar-refractivity contribution is 0.0727. The van der Waals surface area contributed by atoms with Crippen LogP contribution in [0.3, 0.4) is 0 Å². The first kappa shape index (κ1) is 13.6. The third-order valence-corrected chi connectivity index (χ3v) is 3.94. The minimum Gasteiger partial charge on any atom is -0.505 e. The number of aromatic nitrogens is 1. The zero-order chi connectivity index (χ0) is 14.7. The molecule has 0 saturated carbocycles. The van der Waals surface area contributed by atoms with Crippen LogP contribution in [0.4, 0.5) is 0 Å². The summed E-state index contributed by atoms with van der Waals surface area (Å²) in [7, 11) is 0. The van der Waals surface area contributed by atoms with Crippen molar-refractivity contribution in [3.05, 3.63) is 59.9 Å². The molecule has 2 heterocycles. The number of carbonyl (C=O) groups is 1. The van der Waals surface area contributed by atoms with Gasteiger partial charge in [-0.05, 0) is 37.0 Å². The lowest BCUT2D eigenvalue weighted by Crippen LogP contribution is -2.37. The van der Waals surface area contributed by atoms with Crippen LogP contribution in [0.15, 0.2) is 48.7 Å². The monoisotopic (exact) mass is 282 g/mol. The highest BCUT2D eigenvalue weighted by molar-refractivity contribution is 5.95. The number of carbonyl (C=O) groups excluding carboxylic acids is 1. The fourth-order valence-corrected chi connectivity index (χ4v) is 2.90. The number of nitrogens with zero attached hydrogens (tertiary/aromatic N) is 2. The molecule has 1 saturated heterocycles. The van der Waals surface area contributed by atoms with Gasteiger partial charge in [0.2, 0.25) is 0 Å². The minimum atomic E-state index is -0.175. The molecule has 1 aliphatic heterocycles. The Labute approximate surface area is 124 Å². The Morgan fingerprint density at radius 3 is 2.81 bits per heavy atom. The Hall–Kier alpha value is -2.36. The van der Waals surface area contributed by atoms with Crippen molar-refractivity contribution in [2.75, 3.05) is 6.54 Å². The molecule has 1 atom stereocenters. The Kier molecular flexibility index (Phi) is 3.86. The molecule has 2 aromatic rings. The van der Waals surface area contributed by atoms with Crippen molar-refractivity contribution in [2.24, 2.45) is 0 Å². The Balaban J connectivity index is 1.78. The summed E-state index contributed by atoms with van der Waals surface area (Å²) in [6.07, 6.45) is 4.38. The molecule has 0 bridgehead atoms. The van der Waals surface area contributed by atoms with Gasteiger partial charge in [-0.1, -0.05) is 30.3 Å². The fourth-order valence-electron chi connectivity index (χ4n) is 2.90. The fraction of sp³-hybridized carbons (Fsp3) is 0.294. The highest BCUT2D eigenvalue weighted by Gasteiger charge is 2.31. The number of hydrogen-bond acceptors (Lipinski definition) is 3. The average Bonchev–Trinajstić information content (AvgIpc) is 2.96. The molecule has 1 aromatic heterocycles. The predicted molar refractivity (Wildman–Crippen MR) is 80.1 cm³/mol. The zero-order valence-electron chi connectivity index (χ0n) is 11.8. The maximum absolute atomic E-state index is 12.6. The first-order valence-corrected chi connectivity index (χ1v) is 7.24. The third-order valence-electron chi connectivity index (χ3n) is 3.94. The van der Waals surface area contributed by atoms with Crippen LogP contribution in [0.2, 0.25) is 0 Å². The summed E-state index contributed by atoms with van der Waals surface area (Å²) >= 11 is 0. The highest BCUT2D eigenvalue weighted by Crippen LogP contribution is 2.25. The average molecular weight is 282 g/mol. The molecule has 4 heteroatoms. The summed E-state index contributed by atoms with van der Waals surface area (Å²) < 4.78 is 0. The number of likely N-dealkylation sites (tertiary alicyclic amines) is 1. The van der Waals surface area contributed by atoms with Gasteiger partial charge >= 0.3 is 0 Å². The van der Waals surface area contributed by atoms with E-state index in [-0.39, 0.29) is 23.4 Å². The van der Waals surface area contributed by atoms with E-state index in [1.807, 2.05) is 23.1 Å². The molecule has 108 valence electrons. The Morgan fingerprint density at radius 2 is 2.05 bits per heavy atom. The van der Waals surface area contributed by atoms with Crippen molar-refractivity contribution in [2.45, 2.75) is 25.3 Å². The van der Waals surface area contributed by atoms with E-state index in [9.17, 15) is 9.90 Å². The molecule has 21 heavy (non-hydrogen) atoms. The zero-order valence-corrected chi connectivity index (χ0v) is 11.8. The van der Waals surface area contributed by atoms with E-state index >= 15 is 0 Å². The third kappa shape index (κ3) is 2.89. The summed E-state index contributed by atoms with van der Waals surface area (Å²) in [5.41, 5.74) is 1.38. The largest absolute Gasteiger partial charge is 0.505 e. The molecule has 1 aromatic carbocycles. The van der Waals surface area contributed by atoms with Crippen molar-refractivity contribution in [1.29, 1.82) is 0 Å². The number of amides is 1. The second-order valence-corrected chi connectivity index (χ2v) is 5.36. The van der Waals surface area contributed by atoms with E-state index in [0.29, 0.717) is 0 Å². The molecule has 4 nitrogen and oxygen atoms in total. The molecule has 1 aliphatic rings. The summed E-state index contributed by atoms with van der Waals surface area (Å²) in [6, 6.07) is 13.5. The minimum absolute atomic E-state index is 0.0483. The van der Waals surface area contributed by atoms with Gasteiger partial charge in [-0.3, -0.25) is 4.79 Å². The number of pyridine rings is 1. The molecule has 0 aliphatic carbocycles. The molecule has 1 amide bonds. The van der Waals surface area contributed by atoms with Gasteiger partial charge in [-0.15, -0.1) is 0 Å². The predicted octanol–water partition coefficient (Wildman–Crippen LogP) is 2.63. The number of hydrogen-bond donors (Lipinski definition) is 1. The molecular formula is C17H18N2O2. The van der Waals surface area contributed by atoms with E-state index in [0.717, 1.165) is 25.8 Å². The summed E-state index contributed by atoms with van der Waals surface area (Å²) in [6.45, 7) is 0.729. The molecule has 1 N–H and O–H groups in total. The highest BCUT2D eigenvalue weighted by atomic mass is 16.3.